The Hall–Kier alpha value is -1.42. The van der Waals surface area contributed by atoms with Gasteiger partial charge in [0.25, 0.3) is 0 Å². The maximum absolute atomic E-state index is 4.39. The summed E-state index contributed by atoms with van der Waals surface area (Å²) in [6, 6.07) is 6.16. The fraction of sp³-hybridized carbons (Fsp3) is 0.273. The summed E-state index contributed by atoms with van der Waals surface area (Å²) in [5, 5.41) is 6.39. The second-order valence-corrected chi connectivity index (χ2v) is 4.33. The molecule has 0 saturated carbocycles. The molecule has 3 nitrogen and oxygen atoms in total. The molecule has 0 aliphatic carbocycles. The topological polar surface area (TPSA) is 37.8 Å². The molecule has 1 atom stereocenters. The standard InChI is InChI=1S/C11H13N3S/c1-8-4-3-5-10(13-8)14-9(2)11-12-6-7-15-11/h3-7,9H,1-2H3,(H,13,14). The van der Waals surface area contributed by atoms with Crippen LogP contribution in [0.2, 0.25) is 0 Å². The number of aryl methyl sites for hydroxylation is 1. The Morgan fingerprint density at radius 1 is 1.40 bits per heavy atom. The van der Waals surface area contributed by atoms with E-state index in [0.717, 1.165) is 16.5 Å². The van der Waals surface area contributed by atoms with E-state index in [1.54, 1.807) is 11.3 Å². The number of pyridine rings is 1. The van der Waals surface area contributed by atoms with E-state index in [1.807, 2.05) is 36.7 Å². The van der Waals surface area contributed by atoms with E-state index in [0.29, 0.717) is 0 Å². The van der Waals surface area contributed by atoms with Crippen LogP contribution in [0.1, 0.15) is 23.7 Å². The van der Waals surface area contributed by atoms with Crippen LogP contribution in [0.4, 0.5) is 5.82 Å². The lowest BCUT2D eigenvalue weighted by molar-refractivity contribution is 0.859. The third-order valence-electron chi connectivity index (χ3n) is 2.07. The third kappa shape index (κ3) is 2.53. The summed E-state index contributed by atoms with van der Waals surface area (Å²) in [6.45, 7) is 4.07. The van der Waals surface area contributed by atoms with Gasteiger partial charge in [0.1, 0.15) is 10.8 Å². The van der Waals surface area contributed by atoms with Crippen LogP contribution < -0.4 is 5.32 Å². The van der Waals surface area contributed by atoms with Crippen LogP contribution >= 0.6 is 11.3 Å². The van der Waals surface area contributed by atoms with Gasteiger partial charge in [-0.1, -0.05) is 6.07 Å². The summed E-state index contributed by atoms with van der Waals surface area (Å²) >= 11 is 1.65. The summed E-state index contributed by atoms with van der Waals surface area (Å²) < 4.78 is 0. The number of nitrogens with one attached hydrogen (secondary N) is 1. The first-order valence-corrected chi connectivity index (χ1v) is 5.73. The molecule has 0 bridgehead atoms. The van der Waals surface area contributed by atoms with Gasteiger partial charge in [-0.25, -0.2) is 9.97 Å². The van der Waals surface area contributed by atoms with Gasteiger partial charge in [0.05, 0.1) is 6.04 Å². The molecule has 1 unspecified atom stereocenters. The highest BCUT2D eigenvalue weighted by atomic mass is 32.1. The monoisotopic (exact) mass is 219 g/mol. The molecule has 15 heavy (non-hydrogen) atoms. The summed E-state index contributed by atoms with van der Waals surface area (Å²) in [6.07, 6.45) is 1.82. The molecule has 4 heteroatoms. The molecule has 0 aliphatic rings. The highest BCUT2D eigenvalue weighted by Crippen LogP contribution is 2.19. The van der Waals surface area contributed by atoms with Gasteiger partial charge in [-0.05, 0) is 26.0 Å². The number of hydrogen-bond acceptors (Lipinski definition) is 4. The van der Waals surface area contributed by atoms with Crippen molar-refractivity contribution < 1.29 is 0 Å². The van der Waals surface area contributed by atoms with Gasteiger partial charge in [-0.15, -0.1) is 11.3 Å². The van der Waals surface area contributed by atoms with Gasteiger partial charge in [-0.2, -0.15) is 0 Å². The van der Waals surface area contributed by atoms with Gasteiger partial charge in [0.15, 0.2) is 0 Å². The van der Waals surface area contributed by atoms with Crippen LogP contribution in [-0.2, 0) is 0 Å². The molecule has 0 amide bonds. The maximum atomic E-state index is 4.39. The molecule has 0 fully saturated rings. The Bertz CT molecular complexity index is 425. The zero-order chi connectivity index (χ0) is 10.7. The average molecular weight is 219 g/mol. The largest absolute Gasteiger partial charge is 0.361 e. The first kappa shape index (κ1) is 10.1. The minimum Gasteiger partial charge on any atom is -0.361 e. The number of aromatic nitrogens is 2. The number of anilines is 1. The average Bonchev–Trinajstić information content (AvgIpc) is 2.70. The van der Waals surface area contributed by atoms with Crippen LogP contribution in [0.5, 0.6) is 0 Å². The first-order valence-electron chi connectivity index (χ1n) is 4.85. The van der Waals surface area contributed by atoms with E-state index in [2.05, 4.69) is 22.2 Å². The molecule has 78 valence electrons. The fourth-order valence-corrected chi connectivity index (χ4v) is 2.00. The Morgan fingerprint density at radius 2 is 2.27 bits per heavy atom. The highest BCUT2D eigenvalue weighted by molar-refractivity contribution is 7.09. The molecule has 0 saturated heterocycles. The van der Waals surface area contributed by atoms with Gasteiger partial charge in [0, 0.05) is 17.3 Å². The molecule has 1 N–H and O–H groups in total. The lowest BCUT2D eigenvalue weighted by Gasteiger charge is -2.11. The smallest absolute Gasteiger partial charge is 0.126 e. The van der Waals surface area contributed by atoms with Gasteiger partial charge in [-0.3, -0.25) is 0 Å². The number of rotatable bonds is 3. The summed E-state index contributed by atoms with van der Waals surface area (Å²) in [4.78, 5) is 8.65. The van der Waals surface area contributed by atoms with Crippen LogP contribution in [0.15, 0.2) is 29.8 Å². The second-order valence-electron chi connectivity index (χ2n) is 3.40. The fourth-order valence-electron chi connectivity index (χ4n) is 1.36. The Kier molecular flexibility index (Phi) is 2.97. The van der Waals surface area contributed by atoms with Crippen molar-refractivity contribution in [2.75, 3.05) is 5.32 Å². The Morgan fingerprint density at radius 3 is 2.93 bits per heavy atom. The Labute approximate surface area is 93.2 Å². The lowest BCUT2D eigenvalue weighted by Crippen LogP contribution is -2.07. The van der Waals surface area contributed by atoms with Crippen LogP contribution in [0.3, 0.4) is 0 Å². The van der Waals surface area contributed by atoms with Crippen molar-refractivity contribution in [1.82, 2.24) is 9.97 Å². The summed E-state index contributed by atoms with van der Waals surface area (Å²) in [5.74, 6) is 0.901. The van der Waals surface area contributed by atoms with Crippen molar-refractivity contribution in [2.45, 2.75) is 19.9 Å². The highest BCUT2D eigenvalue weighted by Gasteiger charge is 2.07. The molecule has 2 heterocycles. The lowest BCUT2D eigenvalue weighted by atomic mass is 10.3. The van der Waals surface area contributed by atoms with Crippen molar-refractivity contribution in [1.29, 1.82) is 0 Å². The Balaban J connectivity index is 2.09. The van der Waals surface area contributed by atoms with E-state index in [4.69, 9.17) is 0 Å². The maximum Gasteiger partial charge on any atom is 0.126 e. The van der Waals surface area contributed by atoms with Crippen molar-refractivity contribution in [2.24, 2.45) is 0 Å². The molecule has 0 spiro atoms. The van der Waals surface area contributed by atoms with Gasteiger partial charge >= 0.3 is 0 Å². The molecule has 0 radical (unpaired) electrons. The first-order chi connectivity index (χ1) is 7.25. The predicted octanol–water partition coefficient (Wildman–Crippen LogP) is 3.02. The van der Waals surface area contributed by atoms with E-state index < -0.39 is 0 Å². The number of nitrogens with zero attached hydrogens (tertiary/aromatic N) is 2. The van der Waals surface area contributed by atoms with E-state index in [1.165, 1.54) is 0 Å². The molecular weight excluding hydrogens is 206 g/mol. The molecule has 2 rings (SSSR count). The molecule has 2 aromatic heterocycles. The number of hydrogen-bond donors (Lipinski definition) is 1. The minimum atomic E-state index is 0.208. The summed E-state index contributed by atoms with van der Waals surface area (Å²) in [7, 11) is 0. The zero-order valence-electron chi connectivity index (χ0n) is 8.77. The van der Waals surface area contributed by atoms with Gasteiger partial charge < -0.3 is 5.32 Å². The minimum absolute atomic E-state index is 0.208. The molecule has 2 aromatic rings. The third-order valence-corrected chi connectivity index (χ3v) is 3.03. The zero-order valence-corrected chi connectivity index (χ0v) is 9.58. The molecule has 0 aromatic carbocycles. The van der Waals surface area contributed by atoms with Crippen LogP contribution in [0, 0.1) is 6.92 Å². The van der Waals surface area contributed by atoms with Crippen molar-refractivity contribution >= 4 is 17.2 Å². The van der Waals surface area contributed by atoms with Crippen molar-refractivity contribution in [3.63, 3.8) is 0 Å². The van der Waals surface area contributed by atoms with E-state index in [9.17, 15) is 0 Å². The van der Waals surface area contributed by atoms with E-state index >= 15 is 0 Å². The van der Waals surface area contributed by atoms with Crippen LogP contribution in [-0.4, -0.2) is 9.97 Å². The SMILES string of the molecule is Cc1cccc(NC(C)c2nccs2)n1. The normalized spacial score (nSPS) is 12.4. The predicted molar refractivity (Wildman–Crippen MR) is 63.1 cm³/mol. The summed E-state index contributed by atoms with van der Waals surface area (Å²) in [5.41, 5.74) is 1.02. The number of thiazole rings is 1. The quantitative estimate of drug-likeness (QED) is 0.862. The molecular formula is C11H13N3S. The van der Waals surface area contributed by atoms with Crippen LogP contribution in [0.25, 0.3) is 0 Å². The van der Waals surface area contributed by atoms with Crippen molar-refractivity contribution in [3.8, 4) is 0 Å². The van der Waals surface area contributed by atoms with Crippen molar-refractivity contribution in [3.05, 3.63) is 40.5 Å². The molecule has 0 aliphatic heterocycles. The second kappa shape index (κ2) is 4.40. The van der Waals surface area contributed by atoms with Gasteiger partial charge in [0.2, 0.25) is 0 Å². The van der Waals surface area contributed by atoms with E-state index in [-0.39, 0.29) is 6.04 Å².